The van der Waals surface area contributed by atoms with Gasteiger partial charge in [0.1, 0.15) is 5.75 Å². The molecule has 1 atom stereocenters. The monoisotopic (exact) mass is 490 g/mol. The van der Waals surface area contributed by atoms with Crippen LogP contribution in [0.3, 0.4) is 0 Å². The van der Waals surface area contributed by atoms with E-state index in [1.807, 2.05) is 38.1 Å². The Morgan fingerprint density at radius 1 is 0.914 bits per heavy atom. The molecule has 0 aliphatic carbocycles. The molecule has 4 rings (SSSR count). The number of aromatic nitrogens is 2. The van der Waals surface area contributed by atoms with Gasteiger partial charge in [-0.3, -0.25) is 0 Å². The highest BCUT2D eigenvalue weighted by molar-refractivity contribution is 7.91. The average molecular weight is 491 g/mol. The Balaban J connectivity index is 1.82. The maximum Gasteiger partial charge on any atom is 0.353 e. The normalized spacial score (nSPS) is 12.2. The largest absolute Gasteiger partial charge is 0.479 e. The van der Waals surface area contributed by atoms with Crippen molar-refractivity contribution in [2.45, 2.75) is 43.6 Å². The van der Waals surface area contributed by atoms with E-state index in [0.29, 0.717) is 11.4 Å². The number of nitrogens with zero attached hydrogens (tertiary/aromatic N) is 2. The smallest absolute Gasteiger partial charge is 0.353 e. The molecule has 0 bridgehead atoms. The quantitative estimate of drug-likeness (QED) is 0.339. The summed E-state index contributed by atoms with van der Waals surface area (Å²) in [6.45, 7) is 6.97. The molecular formula is C27H26N2O5S. The second-order valence-corrected chi connectivity index (χ2v) is 10.1. The van der Waals surface area contributed by atoms with Crippen LogP contribution in [0.15, 0.2) is 88.7 Å². The molecule has 7 nitrogen and oxygen atoms in total. The van der Waals surface area contributed by atoms with Crippen LogP contribution in [0.25, 0.3) is 5.69 Å². The fourth-order valence-electron chi connectivity index (χ4n) is 3.74. The molecule has 1 heterocycles. The molecule has 1 aromatic heterocycles. The lowest BCUT2D eigenvalue weighted by molar-refractivity contribution is -0.142. The van der Waals surface area contributed by atoms with E-state index in [1.54, 1.807) is 56.3 Å². The topological polar surface area (TPSA) is 87.5 Å². The number of para-hydroxylation sites is 1. The molecule has 0 radical (unpaired) electrons. The molecule has 35 heavy (non-hydrogen) atoms. The highest BCUT2D eigenvalue weighted by Gasteiger charge is 2.33. The van der Waals surface area contributed by atoms with Crippen LogP contribution in [0.5, 0.6) is 11.6 Å². The van der Waals surface area contributed by atoms with Crippen molar-refractivity contribution in [2.24, 2.45) is 0 Å². The molecule has 0 fully saturated rings. The van der Waals surface area contributed by atoms with Gasteiger partial charge in [0.15, 0.2) is 11.0 Å². The number of rotatable bonds is 7. The van der Waals surface area contributed by atoms with Gasteiger partial charge in [0.2, 0.25) is 15.7 Å². The number of hydrogen-bond donors (Lipinski definition) is 0. The third kappa shape index (κ3) is 4.97. The van der Waals surface area contributed by atoms with Crippen molar-refractivity contribution in [3.63, 3.8) is 0 Å². The maximum absolute atomic E-state index is 13.6. The minimum absolute atomic E-state index is 0.0779. The molecule has 0 amide bonds. The van der Waals surface area contributed by atoms with Gasteiger partial charge in [-0.2, -0.15) is 9.78 Å². The molecular weight excluding hydrogens is 464 g/mol. The molecule has 0 unspecified atom stereocenters. The fourth-order valence-corrected chi connectivity index (χ4v) is 5.28. The van der Waals surface area contributed by atoms with Crippen molar-refractivity contribution >= 4 is 15.8 Å². The van der Waals surface area contributed by atoms with E-state index in [2.05, 4.69) is 5.10 Å². The molecule has 3 aromatic carbocycles. The summed E-state index contributed by atoms with van der Waals surface area (Å²) in [6, 6.07) is 22.5. The molecule has 0 aliphatic rings. The van der Waals surface area contributed by atoms with Gasteiger partial charge in [0.05, 0.1) is 16.3 Å². The molecule has 4 aromatic rings. The fraction of sp³-hybridized carbons (Fsp3) is 0.185. The first-order chi connectivity index (χ1) is 16.7. The van der Waals surface area contributed by atoms with E-state index < -0.39 is 21.9 Å². The van der Waals surface area contributed by atoms with Crippen LogP contribution in [0, 0.1) is 20.8 Å². The molecule has 0 aliphatic heterocycles. The first-order valence-corrected chi connectivity index (χ1v) is 12.6. The number of sulfone groups is 1. The van der Waals surface area contributed by atoms with E-state index in [9.17, 15) is 13.2 Å². The van der Waals surface area contributed by atoms with Crippen LogP contribution in [-0.4, -0.2) is 30.3 Å². The summed E-state index contributed by atoms with van der Waals surface area (Å²) < 4.78 is 40.1. The Morgan fingerprint density at radius 3 is 2.17 bits per heavy atom. The van der Waals surface area contributed by atoms with Crippen molar-refractivity contribution < 1.29 is 22.7 Å². The Kier molecular flexibility index (Phi) is 6.75. The van der Waals surface area contributed by atoms with E-state index in [-0.39, 0.29) is 21.4 Å². The van der Waals surface area contributed by atoms with Crippen LogP contribution in [0.1, 0.15) is 23.7 Å². The lowest BCUT2D eigenvalue weighted by Gasteiger charge is -2.16. The molecule has 0 N–H and O–H groups in total. The van der Waals surface area contributed by atoms with Crippen LogP contribution in [0.2, 0.25) is 0 Å². The van der Waals surface area contributed by atoms with Gasteiger partial charge in [0, 0.05) is 0 Å². The minimum Gasteiger partial charge on any atom is -0.479 e. The van der Waals surface area contributed by atoms with Crippen molar-refractivity contribution in [2.75, 3.05) is 0 Å². The number of hydrogen-bond acceptors (Lipinski definition) is 6. The summed E-state index contributed by atoms with van der Waals surface area (Å²) >= 11 is 0. The Labute approximate surface area is 204 Å². The summed E-state index contributed by atoms with van der Waals surface area (Å²) in [6.07, 6.45) is -0.993. The van der Waals surface area contributed by atoms with Gasteiger partial charge in [-0.05, 0) is 63.6 Å². The first kappa shape index (κ1) is 24.2. The maximum atomic E-state index is 13.6. The zero-order chi connectivity index (χ0) is 25.2. The summed E-state index contributed by atoms with van der Waals surface area (Å²) in [5.41, 5.74) is 2.71. The van der Waals surface area contributed by atoms with E-state index >= 15 is 0 Å². The molecule has 0 spiro atoms. The zero-order valence-electron chi connectivity index (χ0n) is 19.9. The predicted molar refractivity (Wildman–Crippen MR) is 132 cm³/mol. The molecule has 0 saturated heterocycles. The van der Waals surface area contributed by atoms with Crippen molar-refractivity contribution in [3.8, 4) is 17.3 Å². The highest BCUT2D eigenvalue weighted by Crippen LogP contribution is 2.35. The number of ether oxygens (including phenoxy) is 2. The van der Waals surface area contributed by atoms with Gasteiger partial charge < -0.3 is 9.47 Å². The lowest BCUT2D eigenvalue weighted by atomic mass is 10.1. The Morgan fingerprint density at radius 2 is 1.54 bits per heavy atom. The minimum atomic E-state index is -4.04. The molecule has 8 heteroatoms. The number of aryl methyl sites for hydroxylation is 3. The number of carbonyl (C=O) groups is 1. The summed E-state index contributed by atoms with van der Waals surface area (Å²) in [4.78, 5) is 13.0. The lowest BCUT2D eigenvalue weighted by Crippen LogP contribution is -2.29. The van der Waals surface area contributed by atoms with Gasteiger partial charge in [-0.25, -0.2) is 13.2 Å². The SMILES string of the molecule is Cc1ccc(-n2nc(C)c(S(=O)(=O)c3ccccc3)c2OC(=O)[C@H](C)Oc2ccccc2)c(C)c1. The van der Waals surface area contributed by atoms with Crippen molar-refractivity contribution in [3.05, 3.63) is 95.7 Å². The van der Waals surface area contributed by atoms with Crippen LogP contribution >= 0.6 is 0 Å². The highest BCUT2D eigenvalue weighted by atomic mass is 32.2. The molecule has 180 valence electrons. The standard InChI is InChI=1S/C27H26N2O5S/c1-18-15-16-24(19(2)17-18)29-26(34-27(30)21(4)33-22-11-7-5-8-12-22)25(20(3)28-29)35(31,32)23-13-9-6-10-14-23/h5-17,21H,1-4H3/t21-/m0/s1. The predicted octanol–water partition coefficient (Wildman–Crippen LogP) is 5.00. The third-order valence-corrected chi connectivity index (χ3v) is 7.35. The first-order valence-electron chi connectivity index (χ1n) is 11.1. The van der Waals surface area contributed by atoms with E-state index in [4.69, 9.17) is 9.47 Å². The number of carbonyl (C=O) groups excluding carboxylic acids is 1. The number of benzene rings is 3. The zero-order valence-corrected chi connectivity index (χ0v) is 20.7. The van der Waals surface area contributed by atoms with Gasteiger partial charge >= 0.3 is 5.97 Å². The van der Waals surface area contributed by atoms with Crippen molar-refractivity contribution in [1.82, 2.24) is 9.78 Å². The van der Waals surface area contributed by atoms with Gasteiger partial charge in [-0.15, -0.1) is 0 Å². The van der Waals surface area contributed by atoms with Crippen molar-refractivity contribution in [1.29, 1.82) is 0 Å². The summed E-state index contributed by atoms with van der Waals surface area (Å²) in [5.74, 6) is -0.427. The van der Waals surface area contributed by atoms with Crippen LogP contribution in [-0.2, 0) is 14.6 Å². The van der Waals surface area contributed by atoms with E-state index in [1.165, 1.54) is 16.8 Å². The number of esters is 1. The van der Waals surface area contributed by atoms with Gasteiger partial charge in [0.25, 0.3) is 0 Å². The second-order valence-electron chi connectivity index (χ2n) is 8.23. The molecule has 0 saturated carbocycles. The average Bonchev–Trinajstić information content (AvgIpc) is 3.16. The second kappa shape index (κ2) is 9.76. The Hall–Kier alpha value is -3.91. The third-order valence-electron chi connectivity index (χ3n) is 5.45. The van der Waals surface area contributed by atoms with E-state index in [0.717, 1.165) is 11.1 Å². The van der Waals surface area contributed by atoms with Crippen LogP contribution < -0.4 is 9.47 Å². The van der Waals surface area contributed by atoms with Gasteiger partial charge in [-0.1, -0.05) is 54.1 Å². The Bertz CT molecular complexity index is 1460. The summed E-state index contributed by atoms with van der Waals surface area (Å²) in [5, 5.41) is 4.48. The summed E-state index contributed by atoms with van der Waals surface area (Å²) in [7, 11) is -4.04. The van der Waals surface area contributed by atoms with Crippen LogP contribution in [0.4, 0.5) is 0 Å².